The van der Waals surface area contributed by atoms with Gasteiger partial charge in [-0.25, -0.2) is 0 Å². The van der Waals surface area contributed by atoms with E-state index in [0.29, 0.717) is 5.92 Å². The molecule has 0 aliphatic heterocycles. The smallest absolute Gasteiger partial charge is 0.223 e. The molecule has 2 fully saturated rings. The quantitative estimate of drug-likeness (QED) is 0.640. The van der Waals surface area contributed by atoms with Crippen molar-refractivity contribution in [2.45, 2.75) is 38.5 Å². The van der Waals surface area contributed by atoms with Crippen LogP contribution < -0.4 is 5.32 Å². The SMILES string of the molecule is O=C(N[C]1CC1)C1CCCC1. The minimum atomic E-state index is 0.287. The summed E-state index contributed by atoms with van der Waals surface area (Å²) in [5.74, 6) is 0.623. The van der Waals surface area contributed by atoms with E-state index in [1.54, 1.807) is 0 Å². The van der Waals surface area contributed by atoms with E-state index in [-0.39, 0.29) is 5.91 Å². The van der Waals surface area contributed by atoms with Crippen LogP contribution in [0.25, 0.3) is 0 Å². The molecule has 0 spiro atoms. The lowest BCUT2D eigenvalue weighted by molar-refractivity contribution is -0.124. The zero-order valence-electron chi connectivity index (χ0n) is 6.73. The maximum absolute atomic E-state index is 11.4. The van der Waals surface area contributed by atoms with Crippen molar-refractivity contribution in [2.24, 2.45) is 5.92 Å². The normalized spacial score (nSPS) is 25.5. The number of rotatable bonds is 2. The summed E-state index contributed by atoms with van der Waals surface area (Å²) in [6, 6.07) is 1.25. The third kappa shape index (κ3) is 1.73. The summed E-state index contributed by atoms with van der Waals surface area (Å²) in [4.78, 5) is 11.4. The summed E-state index contributed by atoms with van der Waals surface area (Å²) in [5, 5.41) is 2.97. The molecule has 0 bridgehead atoms. The van der Waals surface area contributed by atoms with E-state index in [9.17, 15) is 4.79 Å². The molecule has 0 atom stereocenters. The van der Waals surface area contributed by atoms with Gasteiger partial charge in [-0.2, -0.15) is 0 Å². The number of carbonyl (C=O) groups is 1. The Kier molecular flexibility index (Phi) is 1.84. The Bertz CT molecular complexity index is 157. The topological polar surface area (TPSA) is 29.1 Å². The van der Waals surface area contributed by atoms with Crippen molar-refractivity contribution >= 4 is 5.91 Å². The molecule has 2 saturated carbocycles. The molecule has 1 radical (unpaired) electrons. The zero-order valence-corrected chi connectivity index (χ0v) is 6.73. The van der Waals surface area contributed by atoms with Gasteiger partial charge in [0.2, 0.25) is 5.91 Å². The molecule has 1 N–H and O–H groups in total. The van der Waals surface area contributed by atoms with Crippen LogP contribution in [-0.2, 0) is 4.79 Å². The minimum Gasteiger partial charge on any atom is -0.348 e. The summed E-state index contributed by atoms with van der Waals surface area (Å²) in [7, 11) is 0. The van der Waals surface area contributed by atoms with E-state index in [1.165, 1.54) is 18.9 Å². The van der Waals surface area contributed by atoms with Crippen molar-refractivity contribution in [2.75, 3.05) is 0 Å². The maximum atomic E-state index is 11.4. The molecule has 0 saturated heterocycles. The Hall–Kier alpha value is -0.530. The Morgan fingerprint density at radius 2 is 1.91 bits per heavy atom. The molecule has 2 heteroatoms. The van der Waals surface area contributed by atoms with Gasteiger partial charge < -0.3 is 5.32 Å². The van der Waals surface area contributed by atoms with Crippen LogP contribution in [0.15, 0.2) is 0 Å². The molecule has 2 nitrogen and oxygen atoms in total. The molecule has 1 amide bonds. The highest BCUT2D eigenvalue weighted by atomic mass is 16.2. The number of amides is 1. The van der Waals surface area contributed by atoms with Gasteiger partial charge in [-0.3, -0.25) is 4.79 Å². The van der Waals surface area contributed by atoms with Gasteiger partial charge in [0.1, 0.15) is 0 Å². The minimum absolute atomic E-state index is 0.287. The van der Waals surface area contributed by atoms with Gasteiger partial charge in [0.25, 0.3) is 0 Å². The first-order valence-corrected chi connectivity index (χ1v) is 4.52. The van der Waals surface area contributed by atoms with Crippen LogP contribution in [0.3, 0.4) is 0 Å². The van der Waals surface area contributed by atoms with Crippen LogP contribution >= 0.6 is 0 Å². The fraction of sp³-hybridized carbons (Fsp3) is 0.778. The number of nitrogens with one attached hydrogen (secondary N) is 1. The Morgan fingerprint density at radius 1 is 1.27 bits per heavy atom. The van der Waals surface area contributed by atoms with E-state index in [4.69, 9.17) is 0 Å². The van der Waals surface area contributed by atoms with E-state index in [1.807, 2.05) is 0 Å². The fourth-order valence-electron chi connectivity index (χ4n) is 1.65. The van der Waals surface area contributed by atoms with Crippen LogP contribution in [0.2, 0.25) is 0 Å². The van der Waals surface area contributed by atoms with Crippen LogP contribution in [0.5, 0.6) is 0 Å². The van der Waals surface area contributed by atoms with Crippen LogP contribution in [0, 0.1) is 12.0 Å². The highest BCUT2D eigenvalue weighted by Crippen LogP contribution is 2.31. The van der Waals surface area contributed by atoms with Gasteiger partial charge in [-0.1, -0.05) is 12.8 Å². The average Bonchev–Trinajstić information content (AvgIpc) is 2.67. The Balaban J connectivity index is 1.77. The fourth-order valence-corrected chi connectivity index (χ4v) is 1.65. The average molecular weight is 152 g/mol. The standard InChI is InChI=1S/C9H14NO/c11-9(10-8-5-6-8)7-3-1-2-4-7/h7H,1-6H2,(H,10,11). The van der Waals surface area contributed by atoms with E-state index in [0.717, 1.165) is 25.7 Å². The third-order valence-electron chi connectivity index (χ3n) is 2.53. The van der Waals surface area contributed by atoms with Crippen molar-refractivity contribution in [3.8, 4) is 0 Å². The Morgan fingerprint density at radius 3 is 2.45 bits per heavy atom. The summed E-state index contributed by atoms with van der Waals surface area (Å²) in [6.07, 6.45) is 6.95. The molecular weight excluding hydrogens is 138 g/mol. The molecule has 0 aromatic heterocycles. The molecule has 2 aliphatic carbocycles. The first-order chi connectivity index (χ1) is 5.36. The second-order valence-corrected chi connectivity index (χ2v) is 3.57. The van der Waals surface area contributed by atoms with Gasteiger partial charge in [-0.15, -0.1) is 0 Å². The summed E-state index contributed by atoms with van der Waals surface area (Å²) >= 11 is 0. The predicted molar refractivity (Wildman–Crippen MR) is 42.6 cm³/mol. The second kappa shape index (κ2) is 2.84. The lowest BCUT2D eigenvalue weighted by Crippen LogP contribution is -2.27. The Labute approximate surface area is 67.4 Å². The van der Waals surface area contributed by atoms with Crippen molar-refractivity contribution in [3.63, 3.8) is 0 Å². The van der Waals surface area contributed by atoms with Crippen LogP contribution in [-0.4, -0.2) is 5.91 Å². The second-order valence-electron chi connectivity index (χ2n) is 3.57. The summed E-state index contributed by atoms with van der Waals surface area (Å²) in [6.45, 7) is 0. The van der Waals surface area contributed by atoms with Crippen molar-refractivity contribution in [1.29, 1.82) is 0 Å². The largest absolute Gasteiger partial charge is 0.348 e. The number of carbonyl (C=O) groups excluding carboxylic acids is 1. The highest BCUT2D eigenvalue weighted by Gasteiger charge is 2.29. The lowest BCUT2D eigenvalue weighted by atomic mass is 10.1. The molecule has 2 rings (SSSR count). The van der Waals surface area contributed by atoms with E-state index in [2.05, 4.69) is 5.32 Å². The number of hydrogen-bond acceptors (Lipinski definition) is 1. The van der Waals surface area contributed by atoms with E-state index >= 15 is 0 Å². The van der Waals surface area contributed by atoms with Gasteiger partial charge in [0.15, 0.2) is 0 Å². The molecule has 2 aliphatic rings. The molecule has 0 heterocycles. The van der Waals surface area contributed by atoms with Crippen molar-refractivity contribution in [3.05, 3.63) is 6.04 Å². The molecule has 0 aromatic carbocycles. The van der Waals surface area contributed by atoms with Gasteiger partial charge in [0.05, 0.1) is 6.04 Å². The van der Waals surface area contributed by atoms with Crippen LogP contribution in [0.1, 0.15) is 38.5 Å². The van der Waals surface area contributed by atoms with Crippen molar-refractivity contribution < 1.29 is 4.79 Å². The molecule has 0 unspecified atom stereocenters. The monoisotopic (exact) mass is 152 g/mol. The summed E-state index contributed by atoms with van der Waals surface area (Å²) < 4.78 is 0. The first kappa shape index (κ1) is 7.14. The zero-order chi connectivity index (χ0) is 7.68. The molecule has 0 aromatic rings. The van der Waals surface area contributed by atoms with E-state index < -0.39 is 0 Å². The van der Waals surface area contributed by atoms with Gasteiger partial charge in [0, 0.05) is 5.92 Å². The van der Waals surface area contributed by atoms with Gasteiger partial charge in [-0.05, 0) is 25.7 Å². The maximum Gasteiger partial charge on any atom is 0.223 e. The lowest BCUT2D eigenvalue weighted by Gasteiger charge is -2.07. The molecule has 61 valence electrons. The summed E-state index contributed by atoms with van der Waals surface area (Å²) in [5.41, 5.74) is 0. The molecular formula is C9H14NO. The number of hydrogen-bond donors (Lipinski definition) is 1. The van der Waals surface area contributed by atoms with Crippen LogP contribution in [0.4, 0.5) is 0 Å². The predicted octanol–water partition coefficient (Wildman–Crippen LogP) is 1.62. The van der Waals surface area contributed by atoms with Gasteiger partial charge >= 0.3 is 0 Å². The third-order valence-corrected chi connectivity index (χ3v) is 2.53. The molecule has 11 heavy (non-hydrogen) atoms. The first-order valence-electron chi connectivity index (χ1n) is 4.52. The highest BCUT2D eigenvalue weighted by molar-refractivity contribution is 5.80. The van der Waals surface area contributed by atoms with Crippen molar-refractivity contribution in [1.82, 2.24) is 5.32 Å².